The molecule has 0 radical (unpaired) electrons. The van der Waals surface area contributed by atoms with Crippen molar-refractivity contribution in [3.8, 4) is 0 Å². The molecule has 5 heteroatoms. The Balaban J connectivity index is 3.41. The number of carbonyl (C=O) groups is 1. The van der Waals surface area contributed by atoms with Gasteiger partial charge in [0.1, 0.15) is 5.78 Å². The van der Waals surface area contributed by atoms with E-state index in [4.69, 9.17) is 0 Å². The number of alkyl halides is 3. The Labute approximate surface area is 75.5 Å². The van der Waals surface area contributed by atoms with Gasteiger partial charge in [-0.25, -0.2) is 0 Å². The van der Waals surface area contributed by atoms with E-state index in [0.29, 0.717) is 13.0 Å². The van der Waals surface area contributed by atoms with Gasteiger partial charge in [-0.1, -0.05) is 0 Å². The number of rotatable bonds is 6. The van der Waals surface area contributed by atoms with Gasteiger partial charge in [-0.2, -0.15) is 13.2 Å². The van der Waals surface area contributed by atoms with Gasteiger partial charge in [0, 0.05) is 12.8 Å². The highest BCUT2D eigenvalue weighted by atomic mass is 19.4. The number of carbonyl (C=O) groups excluding carboxylic acids is 1. The lowest BCUT2D eigenvalue weighted by Gasteiger charge is -2.04. The van der Waals surface area contributed by atoms with Crippen molar-refractivity contribution in [2.24, 2.45) is 0 Å². The van der Waals surface area contributed by atoms with E-state index in [1.807, 2.05) is 0 Å². The summed E-state index contributed by atoms with van der Waals surface area (Å²) in [5.74, 6) is -0.312. The molecule has 0 unspecified atom stereocenters. The van der Waals surface area contributed by atoms with E-state index >= 15 is 0 Å². The van der Waals surface area contributed by atoms with Crippen LogP contribution in [0, 0.1) is 0 Å². The zero-order valence-corrected chi connectivity index (χ0v) is 7.58. The topological polar surface area (TPSA) is 29.1 Å². The highest BCUT2D eigenvalue weighted by molar-refractivity contribution is 5.78. The first-order valence-electron chi connectivity index (χ1n) is 4.19. The van der Waals surface area contributed by atoms with Crippen molar-refractivity contribution in [1.82, 2.24) is 5.32 Å². The fraction of sp³-hybridized carbons (Fsp3) is 0.875. The molecule has 0 atom stereocenters. The van der Waals surface area contributed by atoms with Crippen LogP contribution in [0.25, 0.3) is 0 Å². The molecular formula is C8H14F3NO. The lowest BCUT2D eigenvalue weighted by molar-refractivity contribution is -0.143. The van der Waals surface area contributed by atoms with Crippen LogP contribution in [-0.2, 0) is 4.79 Å². The number of nitrogens with one attached hydrogen (secondary N) is 1. The van der Waals surface area contributed by atoms with E-state index in [2.05, 4.69) is 5.32 Å². The van der Waals surface area contributed by atoms with Gasteiger partial charge in [0.25, 0.3) is 0 Å². The third-order valence-corrected chi connectivity index (χ3v) is 1.57. The minimum atomic E-state index is -4.21. The summed E-state index contributed by atoms with van der Waals surface area (Å²) in [5, 5.41) is 2.82. The predicted molar refractivity (Wildman–Crippen MR) is 43.5 cm³/mol. The van der Waals surface area contributed by atoms with E-state index in [9.17, 15) is 18.0 Å². The second kappa shape index (κ2) is 5.96. The summed E-state index contributed by atoms with van der Waals surface area (Å²) < 4.78 is 34.9. The average Bonchev–Trinajstić information content (AvgIpc) is 2.00. The van der Waals surface area contributed by atoms with Gasteiger partial charge in [-0.15, -0.1) is 0 Å². The van der Waals surface area contributed by atoms with E-state index in [1.165, 1.54) is 0 Å². The van der Waals surface area contributed by atoms with Crippen LogP contribution in [-0.4, -0.2) is 25.6 Å². The third kappa shape index (κ3) is 9.33. The van der Waals surface area contributed by atoms with Crippen molar-refractivity contribution in [2.45, 2.75) is 31.9 Å². The van der Waals surface area contributed by atoms with Crippen LogP contribution >= 0.6 is 0 Å². The standard InChI is InChI=1S/C8H14F3NO/c1-12-6-2-3-7(13)4-5-8(9,10)11/h12H,2-6H2,1H3. The largest absolute Gasteiger partial charge is 0.389 e. The third-order valence-electron chi connectivity index (χ3n) is 1.57. The number of halogens is 3. The maximum absolute atomic E-state index is 11.6. The normalized spacial score (nSPS) is 11.7. The first-order valence-corrected chi connectivity index (χ1v) is 4.19. The van der Waals surface area contributed by atoms with Crippen LogP contribution in [0.1, 0.15) is 25.7 Å². The minimum Gasteiger partial charge on any atom is -0.320 e. The number of hydrogen-bond donors (Lipinski definition) is 1. The summed E-state index contributed by atoms with van der Waals surface area (Å²) >= 11 is 0. The summed E-state index contributed by atoms with van der Waals surface area (Å²) in [6.45, 7) is 0.664. The quantitative estimate of drug-likeness (QED) is 0.659. The first kappa shape index (κ1) is 12.4. The van der Waals surface area contributed by atoms with E-state index < -0.39 is 12.6 Å². The zero-order chi connectivity index (χ0) is 10.3. The molecule has 0 aliphatic rings. The molecule has 0 heterocycles. The molecule has 13 heavy (non-hydrogen) atoms. The van der Waals surface area contributed by atoms with Crippen LogP contribution in [0.15, 0.2) is 0 Å². The summed E-state index contributed by atoms with van der Waals surface area (Å²) in [5.41, 5.74) is 0. The SMILES string of the molecule is CNCCCC(=O)CCC(F)(F)F. The minimum absolute atomic E-state index is 0.233. The van der Waals surface area contributed by atoms with Crippen LogP contribution < -0.4 is 5.32 Å². The first-order chi connectivity index (χ1) is 5.95. The fourth-order valence-electron chi connectivity index (χ4n) is 0.868. The highest BCUT2D eigenvalue weighted by Crippen LogP contribution is 2.21. The smallest absolute Gasteiger partial charge is 0.320 e. The Bertz CT molecular complexity index is 156. The second-order valence-electron chi connectivity index (χ2n) is 2.86. The molecule has 0 bridgehead atoms. The van der Waals surface area contributed by atoms with Crippen molar-refractivity contribution >= 4 is 5.78 Å². The van der Waals surface area contributed by atoms with Crippen molar-refractivity contribution < 1.29 is 18.0 Å². The van der Waals surface area contributed by atoms with Crippen LogP contribution in [0.4, 0.5) is 13.2 Å². The Hall–Kier alpha value is -0.580. The summed E-state index contributed by atoms with van der Waals surface area (Å²) in [6, 6.07) is 0. The molecule has 0 aliphatic carbocycles. The van der Waals surface area contributed by atoms with E-state index in [0.717, 1.165) is 0 Å². The van der Waals surface area contributed by atoms with Crippen LogP contribution in [0.5, 0.6) is 0 Å². The maximum Gasteiger partial charge on any atom is 0.389 e. The number of hydrogen-bond acceptors (Lipinski definition) is 2. The molecule has 2 nitrogen and oxygen atoms in total. The van der Waals surface area contributed by atoms with Gasteiger partial charge in [0.05, 0.1) is 6.42 Å². The van der Waals surface area contributed by atoms with Gasteiger partial charge < -0.3 is 5.32 Å². The zero-order valence-electron chi connectivity index (χ0n) is 7.58. The average molecular weight is 197 g/mol. The molecule has 0 amide bonds. The van der Waals surface area contributed by atoms with E-state index in [-0.39, 0.29) is 18.6 Å². The molecule has 0 fully saturated rings. The molecule has 0 rings (SSSR count). The Kier molecular flexibility index (Phi) is 5.70. The molecule has 0 aromatic heterocycles. The van der Waals surface area contributed by atoms with Gasteiger partial charge in [-0.05, 0) is 20.0 Å². The second-order valence-corrected chi connectivity index (χ2v) is 2.86. The Morgan fingerprint density at radius 2 is 1.92 bits per heavy atom. The molecule has 0 saturated heterocycles. The monoisotopic (exact) mass is 197 g/mol. The summed E-state index contributed by atoms with van der Waals surface area (Å²) in [7, 11) is 1.74. The van der Waals surface area contributed by atoms with Crippen molar-refractivity contribution in [3.63, 3.8) is 0 Å². The lowest BCUT2D eigenvalue weighted by Crippen LogP contribution is -2.13. The maximum atomic E-state index is 11.6. The molecular weight excluding hydrogens is 183 g/mol. The lowest BCUT2D eigenvalue weighted by atomic mass is 10.1. The number of Topliss-reactive ketones (excluding diaryl/α,β-unsaturated/α-hetero) is 1. The molecule has 78 valence electrons. The summed E-state index contributed by atoms with van der Waals surface area (Å²) in [4.78, 5) is 10.8. The fourth-order valence-corrected chi connectivity index (χ4v) is 0.868. The Morgan fingerprint density at radius 1 is 1.31 bits per heavy atom. The molecule has 1 N–H and O–H groups in total. The Morgan fingerprint density at radius 3 is 2.38 bits per heavy atom. The van der Waals surface area contributed by atoms with Crippen LogP contribution in [0.3, 0.4) is 0 Å². The molecule has 0 saturated carbocycles. The summed E-state index contributed by atoms with van der Waals surface area (Å²) in [6.07, 6.45) is -4.75. The van der Waals surface area contributed by atoms with Crippen molar-refractivity contribution in [2.75, 3.05) is 13.6 Å². The van der Waals surface area contributed by atoms with Crippen molar-refractivity contribution in [3.05, 3.63) is 0 Å². The predicted octanol–water partition coefficient (Wildman–Crippen LogP) is 1.90. The van der Waals surface area contributed by atoms with Gasteiger partial charge in [0.2, 0.25) is 0 Å². The van der Waals surface area contributed by atoms with Crippen molar-refractivity contribution in [1.29, 1.82) is 0 Å². The van der Waals surface area contributed by atoms with Gasteiger partial charge in [-0.3, -0.25) is 4.79 Å². The highest BCUT2D eigenvalue weighted by Gasteiger charge is 2.27. The van der Waals surface area contributed by atoms with Gasteiger partial charge in [0.15, 0.2) is 0 Å². The van der Waals surface area contributed by atoms with Gasteiger partial charge >= 0.3 is 6.18 Å². The van der Waals surface area contributed by atoms with E-state index in [1.54, 1.807) is 7.05 Å². The van der Waals surface area contributed by atoms with Crippen LogP contribution in [0.2, 0.25) is 0 Å². The molecule has 0 aromatic rings. The molecule has 0 spiro atoms. The molecule has 0 aromatic carbocycles. The molecule has 0 aliphatic heterocycles. The number of ketones is 1.